The van der Waals surface area contributed by atoms with Gasteiger partial charge in [0.25, 0.3) is 0 Å². The molecule has 1 aliphatic rings. The predicted octanol–water partition coefficient (Wildman–Crippen LogP) is 1.54. The monoisotopic (exact) mass is 318 g/mol. The second kappa shape index (κ2) is 5.79. The first-order valence-corrected chi connectivity index (χ1v) is 8.55. The number of sulfonamides is 1. The molecule has 1 aromatic heterocycles. The van der Waals surface area contributed by atoms with Crippen LogP contribution in [-0.4, -0.2) is 32.7 Å². The van der Waals surface area contributed by atoms with Gasteiger partial charge in [-0.15, -0.1) is 0 Å². The molecule has 1 aromatic carbocycles. The third-order valence-corrected chi connectivity index (χ3v) is 5.49. The van der Waals surface area contributed by atoms with Crippen LogP contribution in [0.3, 0.4) is 0 Å². The standard InChI is InChI=1S/C16H18N2O3S/c1-21-16(9-13-5-2-3-6-14(13)10-16)12-18-22(19,20)15-7-4-8-17-11-15/h2-8,11,18H,9-10,12H2,1H3. The largest absolute Gasteiger partial charge is 0.376 e. The van der Waals surface area contributed by atoms with Crippen molar-refractivity contribution in [2.24, 2.45) is 0 Å². The number of ether oxygens (including phenoxy) is 1. The summed E-state index contributed by atoms with van der Waals surface area (Å²) in [5, 5.41) is 0. The van der Waals surface area contributed by atoms with Crippen molar-refractivity contribution in [3.05, 3.63) is 59.9 Å². The maximum Gasteiger partial charge on any atom is 0.242 e. The number of nitrogens with zero attached hydrogens (tertiary/aromatic N) is 1. The fourth-order valence-electron chi connectivity index (χ4n) is 2.82. The van der Waals surface area contributed by atoms with Crippen LogP contribution in [0.5, 0.6) is 0 Å². The first-order valence-electron chi connectivity index (χ1n) is 7.06. The zero-order valence-electron chi connectivity index (χ0n) is 12.3. The lowest BCUT2D eigenvalue weighted by molar-refractivity contribution is 0.00378. The summed E-state index contributed by atoms with van der Waals surface area (Å²) in [6.45, 7) is 0.232. The highest BCUT2D eigenvalue weighted by atomic mass is 32.2. The fraction of sp³-hybridized carbons (Fsp3) is 0.312. The average molecular weight is 318 g/mol. The number of methoxy groups -OCH3 is 1. The quantitative estimate of drug-likeness (QED) is 0.908. The minimum Gasteiger partial charge on any atom is -0.376 e. The Labute approximate surface area is 130 Å². The maximum absolute atomic E-state index is 12.3. The molecule has 0 amide bonds. The fourth-order valence-corrected chi connectivity index (χ4v) is 3.89. The highest BCUT2D eigenvalue weighted by Gasteiger charge is 2.38. The molecule has 5 nitrogen and oxygen atoms in total. The molecule has 1 N–H and O–H groups in total. The molecule has 3 rings (SSSR count). The van der Waals surface area contributed by atoms with Crippen LogP contribution in [0.4, 0.5) is 0 Å². The van der Waals surface area contributed by atoms with Crippen molar-refractivity contribution in [3.63, 3.8) is 0 Å². The van der Waals surface area contributed by atoms with Crippen LogP contribution in [0, 0.1) is 0 Å². The smallest absolute Gasteiger partial charge is 0.242 e. The summed E-state index contributed by atoms with van der Waals surface area (Å²) >= 11 is 0. The number of benzene rings is 1. The molecule has 0 unspecified atom stereocenters. The van der Waals surface area contributed by atoms with Gasteiger partial charge in [-0.1, -0.05) is 24.3 Å². The van der Waals surface area contributed by atoms with Crippen LogP contribution in [0.1, 0.15) is 11.1 Å². The number of pyridine rings is 1. The molecular weight excluding hydrogens is 300 g/mol. The van der Waals surface area contributed by atoms with Crippen LogP contribution in [0.15, 0.2) is 53.7 Å². The van der Waals surface area contributed by atoms with E-state index in [0.29, 0.717) is 12.8 Å². The number of nitrogens with one attached hydrogen (secondary N) is 1. The summed E-state index contributed by atoms with van der Waals surface area (Å²) in [4.78, 5) is 4.01. The van der Waals surface area contributed by atoms with Crippen molar-refractivity contribution in [2.45, 2.75) is 23.3 Å². The summed E-state index contributed by atoms with van der Waals surface area (Å²) < 4.78 is 32.9. The highest BCUT2D eigenvalue weighted by Crippen LogP contribution is 2.32. The van der Waals surface area contributed by atoms with Crippen LogP contribution in [0.2, 0.25) is 0 Å². The maximum atomic E-state index is 12.3. The molecule has 1 aliphatic carbocycles. The SMILES string of the molecule is COC1(CNS(=O)(=O)c2cccnc2)Cc2ccccc2C1. The molecule has 22 heavy (non-hydrogen) atoms. The van der Waals surface area contributed by atoms with E-state index in [2.05, 4.69) is 21.8 Å². The lowest BCUT2D eigenvalue weighted by Gasteiger charge is -2.27. The topological polar surface area (TPSA) is 68.3 Å². The van der Waals surface area contributed by atoms with E-state index in [4.69, 9.17) is 4.74 Å². The number of hydrogen-bond donors (Lipinski definition) is 1. The Kier molecular flexibility index (Phi) is 3.99. The Bertz CT molecular complexity index is 735. The molecule has 1 heterocycles. The number of aromatic nitrogens is 1. The second-order valence-electron chi connectivity index (χ2n) is 5.52. The molecule has 116 valence electrons. The van der Waals surface area contributed by atoms with Crippen molar-refractivity contribution in [2.75, 3.05) is 13.7 Å². The Balaban J connectivity index is 1.76. The van der Waals surface area contributed by atoms with Crippen LogP contribution < -0.4 is 4.72 Å². The van der Waals surface area contributed by atoms with Gasteiger partial charge >= 0.3 is 0 Å². The molecule has 0 spiro atoms. The molecular formula is C16H18N2O3S. The summed E-state index contributed by atoms with van der Waals surface area (Å²) in [5.74, 6) is 0. The van der Waals surface area contributed by atoms with Crippen molar-refractivity contribution in [3.8, 4) is 0 Å². The minimum atomic E-state index is -3.58. The van der Waals surface area contributed by atoms with Crippen molar-refractivity contribution >= 4 is 10.0 Å². The van der Waals surface area contributed by atoms with Crippen molar-refractivity contribution in [1.82, 2.24) is 9.71 Å². The highest BCUT2D eigenvalue weighted by molar-refractivity contribution is 7.89. The zero-order valence-corrected chi connectivity index (χ0v) is 13.1. The summed E-state index contributed by atoms with van der Waals surface area (Å²) in [7, 11) is -1.95. The third kappa shape index (κ3) is 2.90. The van der Waals surface area contributed by atoms with Crippen LogP contribution >= 0.6 is 0 Å². The van der Waals surface area contributed by atoms with E-state index in [-0.39, 0.29) is 11.4 Å². The van der Waals surface area contributed by atoms with Crippen molar-refractivity contribution < 1.29 is 13.2 Å². The molecule has 0 radical (unpaired) electrons. The van der Waals surface area contributed by atoms with Gasteiger partial charge in [-0.3, -0.25) is 4.98 Å². The minimum absolute atomic E-state index is 0.164. The molecule has 6 heteroatoms. The van der Waals surface area contributed by atoms with E-state index >= 15 is 0 Å². The van der Waals surface area contributed by atoms with Gasteiger partial charge in [0.1, 0.15) is 4.90 Å². The van der Waals surface area contributed by atoms with Crippen LogP contribution in [0.25, 0.3) is 0 Å². The average Bonchev–Trinajstić information content (AvgIpc) is 2.93. The summed E-state index contributed by atoms with van der Waals surface area (Å²) in [6, 6.07) is 11.2. The molecule has 0 aliphatic heterocycles. The van der Waals surface area contributed by atoms with Gasteiger partial charge in [0, 0.05) is 38.9 Å². The first kappa shape index (κ1) is 15.1. The van der Waals surface area contributed by atoms with Gasteiger partial charge in [-0.2, -0.15) is 0 Å². The molecule has 0 atom stereocenters. The molecule has 0 fully saturated rings. The zero-order chi connectivity index (χ0) is 15.6. The van der Waals surface area contributed by atoms with E-state index in [1.54, 1.807) is 19.4 Å². The normalized spacial score (nSPS) is 16.4. The molecule has 0 saturated carbocycles. The molecule has 0 saturated heterocycles. The first-order chi connectivity index (χ1) is 10.5. The second-order valence-corrected chi connectivity index (χ2v) is 7.29. The molecule has 2 aromatic rings. The van der Waals surface area contributed by atoms with Crippen molar-refractivity contribution in [1.29, 1.82) is 0 Å². The van der Waals surface area contributed by atoms with Gasteiger partial charge in [0.05, 0.1) is 5.60 Å². The van der Waals surface area contributed by atoms with Gasteiger partial charge in [-0.05, 0) is 23.3 Å². The Morgan fingerprint density at radius 1 is 1.18 bits per heavy atom. The Hall–Kier alpha value is -1.76. The van der Waals surface area contributed by atoms with Gasteiger partial charge in [0.2, 0.25) is 10.0 Å². The summed E-state index contributed by atoms with van der Waals surface area (Å²) in [5.41, 5.74) is 1.90. The lowest BCUT2D eigenvalue weighted by atomic mass is 10.0. The predicted molar refractivity (Wildman–Crippen MR) is 83.0 cm³/mol. The van der Waals surface area contributed by atoms with E-state index in [9.17, 15) is 8.42 Å². The summed E-state index contributed by atoms with van der Waals surface area (Å²) in [6.07, 6.45) is 4.29. The van der Waals surface area contributed by atoms with E-state index in [1.165, 1.54) is 23.4 Å². The van der Waals surface area contributed by atoms with Gasteiger partial charge in [-0.25, -0.2) is 13.1 Å². The number of hydrogen-bond acceptors (Lipinski definition) is 4. The number of fused-ring (bicyclic) bond motifs is 1. The Morgan fingerprint density at radius 3 is 2.41 bits per heavy atom. The van der Waals surface area contributed by atoms with Gasteiger partial charge in [0.15, 0.2) is 0 Å². The number of rotatable bonds is 5. The van der Waals surface area contributed by atoms with E-state index < -0.39 is 15.6 Å². The van der Waals surface area contributed by atoms with E-state index in [1.807, 2.05) is 12.1 Å². The lowest BCUT2D eigenvalue weighted by Crippen LogP contribution is -2.45. The Morgan fingerprint density at radius 2 is 1.86 bits per heavy atom. The van der Waals surface area contributed by atoms with Gasteiger partial charge < -0.3 is 4.74 Å². The molecule has 0 bridgehead atoms. The van der Waals surface area contributed by atoms with E-state index in [0.717, 1.165) is 0 Å². The third-order valence-electron chi connectivity index (χ3n) is 4.11. The van der Waals surface area contributed by atoms with Crippen LogP contribution in [-0.2, 0) is 27.6 Å².